The molecular formula is C10H17N5O3. The maximum Gasteiger partial charge on any atom is 0.241 e. The summed E-state index contributed by atoms with van der Waals surface area (Å²) in [5, 5.41) is 6.46. The highest BCUT2D eigenvalue weighted by Crippen LogP contribution is 2.05. The summed E-state index contributed by atoms with van der Waals surface area (Å²) in [6.07, 6.45) is 3.35. The molecule has 5 N–H and O–H groups in total. The maximum atomic E-state index is 11.6. The zero-order valence-corrected chi connectivity index (χ0v) is 10.1. The third kappa shape index (κ3) is 4.52. The lowest BCUT2D eigenvalue weighted by atomic mass is 10.2. The van der Waals surface area contributed by atoms with Crippen LogP contribution in [0.3, 0.4) is 0 Å². The highest BCUT2D eigenvalue weighted by atomic mass is 16.5. The second kappa shape index (κ2) is 6.72. The number of hydrogen-bond donors (Lipinski definition) is 3. The van der Waals surface area contributed by atoms with Crippen LogP contribution in [-0.2, 0) is 20.9 Å². The molecule has 8 heteroatoms. The zero-order chi connectivity index (χ0) is 13.5. The van der Waals surface area contributed by atoms with Crippen molar-refractivity contribution in [3.63, 3.8) is 0 Å². The monoisotopic (exact) mass is 255 g/mol. The van der Waals surface area contributed by atoms with Gasteiger partial charge in [-0.05, 0) is 6.42 Å². The van der Waals surface area contributed by atoms with Crippen LogP contribution < -0.4 is 16.8 Å². The molecule has 1 atom stereocenters. The van der Waals surface area contributed by atoms with Crippen LogP contribution in [-0.4, -0.2) is 41.4 Å². The minimum absolute atomic E-state index is 0.0361. The van der Waals surface area contributed by atoms with E-state index in [1.165, 1.54) is 17.1 Å². The summed E-state index contributed by atoms with van der Waals surface area (Å²) in [6, 6.07) is -0.649. The molecule has 1 aromatic rings. The van der Waals surface area contributed by atoms with Crippen molar-refractivity contribution in [2.24, 2.45) is 11.5 Å². The molecule has 1 aromatic heterocycles. The summed E-state index contributed by atoms with van der Waals surface area (Å²) in [5.74, 6) is -0.835. The Morgan fingerprint density at radius 2 is 2.33 bits per heavy atom. The topological polar surface area (TPSA) is 125 Å². The molecule has 0 spiro atoms. The Morgan fingerprint density at radius 1 is 1.61 bits per heavy atom. The van der Waals surface area contributed by atoms with E-state index in [1.54, 1.807) is 7.11 Å². The van der Waals surface area contributed by atoms with Crippen LogP contribution in [0.25, 0.3) is 0 Å². The second-order valence-corrected chi connectivity index (χ2v) is 3.77. The van der Waals surface area contributed by atoms with Crippen molar-refractivity contribution < 1.29 is 14.3 Å². The molecule has 100 valence electrons. The number of primary amides is 1. The van der Waals surface area contributed by atoms with E-state index >= 15 is 0 Å². The highest BCUT2D eigenvalue weighted by Gasteiger charge is 2.14. The number of hydrogen-bond acceptors (Lipinski definition) is 5. The van der Waals surface area contributed by atoms with Crippen molar-refractivity contribution in [2.45, 2.75) is 19.0 Å². The van der Waals surface area contributed by atoms with Gasteiger partial charge >= 0.3 is 0 Å². The Labute approximate surface area is 104 Å². The minimum atomic E-state index is -0.649. The molecule has 8 nitrogen and oxygen atoms in total. The number of amides is 2. The van der Waals surface area contributed by atoms with Gasteiger partial charge in [-0.1, -0.05) is 0 Å². The molecule has 2 amide bonds. The molecule has 1 unspecified atom stereocenters. The van der Waals surface area contributed by atoms with E-state index in [0.29, 0.717) is 18.7 Å². The van der Waals surface area contributed by atoms with Gasteiger partial charge in [0.15, 0.2) is 0 Å². The van der Waals surface area contributed by atoms with E-state index in [0.717, 1.165) is 0 Å². The largest absolute Gasteiger partial charge is 0.385 e. The molecule has 0 radical (unpaired) electrons. The molecule has 1 rings (SSSR count). The number of nitrogens with two attached hydrogens (primary N) is 2. The van der Waals surface area contributed by atoms with Gasteiger partial charge in [0, 0.05) is 19.9 Å². The summed E-state index contributed by atoms with van der Waals surface area (Å²) < 4.78 is 6.16. The fourth-order valence-corrected chi connectivity index (χ4v) is 1.29. The third-order valence-corrected chi connectivity index (χ3v) is 2.19. The predicted molar refractivity (Wildman–Crippen MR) is 64.5 cm³/mol. The molecule has 0 fully saturated rings. The first-order valence-electron chi connectivity index (χ1n) is 5.39. The number of carbonyl (C=O) groups is 2. The molecule has 0 bridgehead atoms. The minimum Gasteiger partial charge on any atom is -0.385 e. The van der Waals surface area contributed by atoms with Gasteiger partial charge < -0.3 is 21.5 Å². The molecule has 0 aromatic carbocycles. The van der Waals surface area contributed by atoms with Crippen LogP contribution in [0, 0.1) is 0 Å². The number of rotatable bonds is 7. The Morgan fingerprint density at radius 3 is 2.94 bits per heavy atom. The number of nitrogens with one attached hydrogen (secondary N) is 1. The summed E-state index contributed by atoms with van der Waals surface area (Å²) in [5.41, 5.74) is 11.1. The van der Waals surface area contributed by atoms with Gasteiger partial charge in [0.05, 0.1) is 17.9 Å². The fraction of sp³-hybridized carbons (Fsp3) is 0.500. The molecule has 0 aliphatic rings. The number of methoxy groups -OCH3 is 1. The summed E-state index contributed by atoms with van der Waals surface area (Å²) in [7, 11) is 1.54. The molecule has 0 aliphatic carbocycles. The average molecular weight is 255 g/mol. The van der Waals surface area contributed by atoms with Crippen molar-refractivity contribution in [3.8, 4) is 0 Å². The van der Waals surface area contributed by atoms with Crippen molar-refractivity contribution >= 4 is 17.5 Å². The Balaban J connectivity index is 2.48. The summed E-state index contributed by atoms with van der Waals surface area (Å²) in [4.78, 5) is 22.3. The zero-order valence-electron chi connectivity index (χ0n) is 10.1. The Bertz CT molecular complexity index is 417. The predicted octanol–water partition coefficient (Wildman–Crippen LogP) is -1.33. The summed E-state index contributed by atoms with van der Waals surface area (Å²) in [6.45, 7) is 0.376. The quantitative estimate of drug-likeness (QED) is 0.556. The fourth-order valence-electron chi connectivity index (χ4n) is 1.29. The number of anilines is 1. The van der Waals surface area contributed by atoms with Gasteiger partial charge in [-0.25, -0.2) is 0 Å². The van der Waals surface area contributed by atoms with E-state index in [1.807, 2.05) is 0 Å². The smallest absolute Gasteiger partial charge is 0.241 e. The first kappa shape index (κ1) is 14.1. The van der Waals surface area contributed by atoms with E-state index in [2.05, 4.69) is 10.4 Å². The van der Waals surface area contributed by atoms with Crippen LogP contribution in [0.5, 0.6) is 0 Å². The Kier molecular flexibility index (Phi) is 5.28. The maximum absolute atomic E-state index is 11.6. The second-order valence-electron chi connectivity index (χ2n) is 3.77. The van der Waals surface area contributed by atoms with Crippen molar-refractivity contribution in [1.29, 1.82) is 0 Å². The number of ether oxygens (including phenoxy) is 1. The first-order chi connectivity index (χ1) is 8.52. The lowest BCUT2D eigenvalue weighted by Gasteiger charge is -2.10. The van der Waals surface area contributed by atoms with E-state index in [4.69, 9.17) is 16.2 Å². The van der Waals surface area contributed by atoms with Crippen LogP contribution in [0.15, 0.2) is 12.4 Å². The lowest BCUT2D eigenvalue weighted by Crippen LogP contribution is -2.36. The summed E-state index contributed by atoms with van der Waals surface area (Å²) >= 11 is 0. The molecule has 1 heterocycles. The van der Waals surface area contributed by atoms with Gasteiger partial charge in [-0.2, -0.15) is 5.10 Å². The van der Waals surface area contributed by atoms with Gasteiger partial charge in [-0.3, -0.25) is 14.3 Å². The van der Waals surface area contributed by atoms with E-state index in [-0.39, 0.29) is 12.5 Å². The molecule has 0 saturated heterocycles. The Hall–Kier alpha value is -1.93. The van der Waals surface area contributed by atoms with Gasteiger partial charge in [-0.15, -0.1) is 0 Å². The van der Waals surface area contributed by atoms with Gasteiger partial charge in [0.1, 0.15) is 6.54 Å². The van der Waals surface area contributed by atoms with Crippen LogP contribution in [0.1, 0.15) is 6.42 Å². The van der Waals surface area contributed by atoms with Crippen LogP contribution in [0.2, 0.25) is 0 Å². The molecule has 18 heavy (non-hydrogen) atoms. The SMILES string of the molecule is COCCC(N)C(=O)Nc1cnn(CC(N)=O)c1. The van der Waals surface area contributed by atoms with E-state index < -0.39 is 11.9 Å². The van der Waals surface area contributed by atoms with Gasteiger partial charge in [0.25, 0.3) is 0 Å². The first-order valence-corrected chi connectivity index (χ1v) is 5.39. The van der Waals surface area contributed by atoms with Crippen LogP contribution in [0.4, 0.5) is 5.69 Å². The normalized spacial score (nSPS) is 12.1. The molecule has 0 saturated carbocycles. The van der Waals surface area contributed by atoms with Crippen LogP contribution >= 0.6 is 0 Å². The van der Waals surface area contributed by atoms with Crippen molar-refractivity contribution in [3.05, 3.63) is 12.4 Å². The number of aromatic nitrogens is 2. The van der Waals surface area contributed by atoms with Crippen molar-refractivity contribution in [2.75, 3.05) is 19.0 Å². The highest BCUT2D eigenvalue weighted by molar-refractivity contribution is 5.94. The number of carbonyl (C=O) groups excluding carboxylic acids is 2. The molecular weight excluding hydrogens is 238 g/mol. The number of nitrogens with zero attached hydrogens (tertiary/aromatic N) is 2. The third-order valence-electron chi connectivity index (χ3n) is 2.19. The average Bonchev–Trinajstić information content (AvgIpc) is 2.72. The standard InChI is InChI=1S/C10H17N5O3/c1-18-3-2-8(11)10(17)14-7-4-13-15(5-7)6-9(12)16/h4-5,8H,2-3,6,11H2,1H3,(H2,12,16)(H,14,17). The lowest BCUT2D eigenvalue weighted by molar-refractivity contribution is -0.119. The van der Waals surface area contributed by atoms with E-state index in [9.17, 15) is 9.59 Å². The van der Waals surface area contributed by atoms with Crippen molar-refractivity contribution in [1.82, 2.24) is 9.78 Å². The molecule has 0 aliphatic heterocycles. The van der Waals surface area contributed by atoms with Gasteiger partial charge in [0.2, 0.25) is 11.8 Å².